The third-order valence-electron chi connectivity index (χ3n) is 3.66. The molecule has 0 saturated heterocycles. The van der Waals surface area contributed by atoms with Crippen LogP contribution < -0.4 is 11.1 Å². The Labute approximate surface area is 169 Å². The van der Waals surface area contributed by atoms with E-state index in [2.05, 4.69) is 20.5 Å². The van der Waals surface area contributed by atoms with Crippen molar-refractivity contribution < 1.29 is 14.3 Å². The number of thiophene rings is 1. The summed E-state index contributed by atoms with van der Waals surface area (Å²) in [6.07, 6.45) is 0. The maximum Gasteiger partial charge on any atom is 0.341 e. The topological polar surface area (TPSA) is 123 Å². The van der Waals surface area contributed by atoms with Gasteiger partial charge < -0.3 is 15.8 Å². The molecule has 3 rings (SSSR count). The first-order chi connectivity index (χ1) is 13.5. The first-order valence-electron chi connectivity index (χ1n) is 8.49. The van der Waals surface area contributed by atoms with Crippen LogP contribution in [0.1, 0.15) is 24.2 Å². The molecule has 4 N–H and O–H groups in total. The molecule has 0 radical (unpaired) electrons. The Morgan fingerprint density at radius 1 is 1.36 bits per heavy atom. The Balaban J connectivity index is 1.81. The SMILES string of the molecule is CCOC(=O)c1cc(-c2ccccc2)sc1NC(=O)[C@@H](C)Sc1n[nH]c(N)n1. The molecule has 0 saturated carbocycles. The van der Waals surface area contributed by atoms with Crippen molar-refractivity contribution >= 4 is 45.9 Å². The molecule has 10 heteroatoms. The van der Waals surface area contributed by atoms with Crippen molar-refractivity contribution in [2.24, 2.45) is 0 Å². The molecule has 3 aromatic rings. The van der Waals surface area contributed by atoms with Crippen LogP contribution in [0.15, 0.2) is 41.6 Å². The van der Waals surface area contributed by atoms with Crippen LogP contribution >= 0.6 is 23.1 Å². The zero-order valence-electron chi connectivity index (χ0n) is 15.3. The van der Waals surface area contributed by atoms with Crippen LogP contribution in [-0.2, 0) is 9.53 Å². The maximum atomic E-state index is 12.6. The molecule has 1 amide bonds. The van der Waals surface area contributed by atoms with Gasteiger partial charge in [-0.3, -0.25) is 4.79 Å². The number of anilines is 2. The molecule has 1 aromatic carbocycles. The number of amides is 1. The number of nitrogens with one attached hydrogen (secondary N) is 2. The number of thioether (sulfide) groups is 1. The number of nitrogens with two attached hydrogens (primary N) is 1. The number of nitrogens with zero attached hydrogens (tertiary/aromatic N) is 2. The lowest BCUT2D eigenvalue weighted by Crippen LogP contribution is -2.23. The second-order valence-corrected chi connectivity index (χ2v) is 8.05. The minimum Gasteiger partial charge on any atom is -0.462 e. The van der Waals surface area contributed by atoms with E-state index in [-0.39, 0.29) is 18.5 Å². The van der Waals surface area contributed by atoms with E-state index in [1.807, 2.05) is 30.3 Å². The summed E-state index contributed by atoms with van der Waals surface area (Å²) in [6, 6.07) is 11.4. The average Bonchev–Trinajstić information content (AvgIpc) is 3.29. The van der Waals surface area contributed by atoms with Gasteiger partial charge in [-0.2, -0.15) is 4.98 Å². The largest absolute Gasteiger partial charge is 0.462 e. The van der Waals surface area contributed by atoms with Crippen molar-refractivity contribution in [2.75, 3.05) is 17.7 Å². The van der Waals surface area contributed by atoms with Gasteiger partial charge in [0.05, 0.1) is 17.4 Å². The summed E-state index contributed by atoms with van der Waals surface area (Å²) in [5.41, 5.74) is 6.79. The second-order valence-electron chi connectivity index (χ2n) is 5.69. The van der Waals surface area contributed by atoms with Gasteiger partial charge in [-0.05, 0) is 25.5 Å². The van der Waals surface area contributed by atoms with E-state index in [1.165, 1.54) is 11.3 Å². The van der Waals surface area contributed by atoms with E-state index in [0.717, 1.165) is 22.2 Å². The highest BCUT2D eigenvalue weighted by atomic mass is 32.2. The van der Waals surface area contributed by atoms with Crippen LogP contribution in [0.25, 0.3) is 10.4 Å². The van der Waals surface area contributed by atoms with E-state index in [1.54, 1.807) is 19.9 Å². The minimum atomic E-state index is -0.493. The molecular formula is C18H19N5O3S2. The number of carbonyl (C=O) groups excluding carboxylic acids is 2. The van der Waals surface area contributed by atoms with Crippen LogP contribution in [0.3, 0.4) is 0 Å². The number of esters is 1. The first-order valence-corrected chi connectivity index (χ1v) is 10.2. The van der Waals surface area contributed by atoms with Gasteiger partial charge in [0.2, 0.25) is 17.0 Å². The molecule has 8 nitrogen and oxygen atoms in total. The summed E-state index contributed by atoms with van der Waals surface area (Å²) >= 11 is 2.49. The average molecular weight is 418 g/mol. The Kier molecular flexibility index (Phi) is 6.32. The number of hydrogen-bond donors (Lipinski definition) is 3. The third kappa shape index (κ3) is 4.70. The van der Waals surface area contributed by atoms with E-state index >= 15 is 0 Å². The van der Waals surface area contributed by atoms with Crippen LogP contribution in [-0.4, -0.2) is 38.9 Å². The molecule has 0 aliphatic rings. The summed E-state index contributed by atoms with van der Waals surface area (Å²) in [5.74, 6) is -0.566. The lowest BCUT2D eigenvalue weighted by atomic mass is 10.1. The molecule has 1 atom stereocenters. The number of rotatable bonds is 7. The summed E-state index contributed by atoms with van der Waals surface area (Å²) in [7, 11) is 0. The second kappa shape index (κ2) is 8.89. The van der Waals surface area contributed by atoms with Gasteiger partial charge in [0, 0.05) is 4.88 Å². The fraction of sp³-hybridized carbons (Fsp3) is 0.222. The van der Waals surface area contributed by atoms with Crippen molar-refractivity contribution in [1.29, 1.82) is 0 Å². The van der Waals surface area contributed by atoms with Crippen LogP contribution in [0.4, 0.5) is 10.9 Å². The standard InChI is InChI=1S/C18H19N5O3S2/c1-3-26-16(25)12-9-13(11-7-5-4-6-8-11)28-15(12)20-14(24)10(2)27-18-21-17(19)22-23-18/h4-10H,3H2,1-2H3,(H,20,24)(H3,19,21,22,23)/t10-/m1/s1. The molecule has 0 bridgehead atoms. The summed E-state index contributed by atoms with van der Waals surface area (Å²) in [4.78, 5) is 29.8. The van der Waals surface area contributed by atoms with Crippen molar-refractivity contribution in [3.8, 4) is 10.4 Å². The normalized spacial score (nSPS) is 11.8. The van der Waals surface area contributed by atoms with Gasteiger partial charge in [0.15, 0.2) is 0 Å². The van der Waals surface area contributed by atoms with Gasteiger partial charge in [-0.25, -0.2) is 9.89 Å². The third-order valence-corrected chi connectivity index (χ3v) is 5.72. The zero-order chi connectivity index (χ0) is 20.1. The number of carbonyl (C=O) groups is 2. The fourth-order valence-electron chi connectivity index (χ4n) is 2.33. The number of ether oxygens (including phenoxy) is 1. The Morgan fingerprint density at radius 2 is 2.11 bits per heavy atom. The highest BCUT2D eigenvalue weighted by Gasteiger charge is 2.23. The Hall–Kier alpha value is -2.85. The van der Waals surface area contributed by atoms with Gasteiger partial charge in [0.25, 0.3) is 0 Å². The van der Waals surface area contributed by atoms with Crippen LogP contribution in [0.2, 0.25) is 0 Å². The smallest absolute Gasteiger partial charge is 0.341 e. The van der Waals surface area contributed by atoms with Crippen molar-refractivity contribution in [1.82, 2.24) is 15.2 Å². The molecule has 0 aliphatic carbocycles. The number of benzene rings is 1. The number of aromatic nitrogens is 3. The number of nitrogen functional groups attached to an aromatic ring is 1. The monoisotopic (exact) mass is 417 g/mol. The Morgan fingerprint density at radius 3 is 2.75 bits per heavy atom. The van der Waals surface area contributed by atoms with Gasteiger partial charge in [0.1, 0.15) is 5.00 Å². The summed E-state index contributed by atoms with van der Waals surface area (Å²) < 4.78 is 5.13. The molecule has 146 valence electrons. The lowest BCUT2D eigenvalue weighted by Gasteiger charge is -2.10. The summed E-state index contributed by atoms with van der Waals surface area (Å²) in [6.45, 7) is 3.71. The summed E-state index contributed by atoms with van der Waals surface area (Å²) in [5, 5.41) is 9.60. The van der Waals surface area contributed by atoms with Crippen LogP contribution in [0, 0.1) is 0 Å². The fourth-order valence-corrected chi connectivity index (χ4v) is 4.11. The molecular weight excluding hydrogens is 398 g/mol. The van der Waals surface area contributed by atoms with Crippen molar-refractivity contribution in [2.45, 2.75) is 24.3 Å². The highest BCUT2D eigenvalue weighted by molar-refractivity contribution is 8.00. The molecule has 28 heavy (non-hydrogen) atoms. The molecule has 0 unspecified atom stereocenters. The number of H-pyrrole nitrogens is 1. The molecule has 0 aliphatic heterocycles. The quantitative estimate of drug-likeness (QED) is 0.397. The van der Waals surface area contributed by atoms with Gasteiger partial charge in [-0.15, -0.1) is 16.4 Å². The van der Waals surface area contributed by atoms with E-state index in [9.17, 15) is 9.59 Å². The zero-order valence-corrected chi connectivity index (χ0v) is 16.9. The Bertz CT molecular complexity index is 971. The predicted octanol–water partition coefficient (Wildman–Crippen LogP) is 3.41. The van der Waals surface area contributed by atoms with Crippen molar-refractivity contribution in [3.05, 3.63) is 42.0 Å². The number of aromatic amines is 1. The molecule has 0 spiro atoms. The lowest BCUT2D eigenvalue weighted by molar-refractivity contribution is -0.115. The van der Waals surface area contributed by atoms with E-state index in [4.69, 9.17) is 10.5 Å². The van der Waals surface area contributed by atoms with Gasteiger partial charge in [-0.1, -0.05) is 42.1 Å². The van der Waals surface area contributed by atoms with Crippen molar-refractivity contribution in [3.63, 3.8) is 0 Å². The maximum absolute atomic E-state index is 12.6. The van der Waals surface area contributed by atoms with E-state index in [0.29, 0.717) is 15.7 Å². The predicted molar refractivity (Wildman–Crippen MR) is 110 cm³/mol. The molecule has 2 heterocycles. The first kappa shape index (κ1) is 19.9. The minimum absolute atomic E-state index is 0.186. The van der Waals surface area contributed by atoms with Crippen LogP contribution in [0.5, 0.6) is 0 Å². The highest BCUT2D eigenvalue weighted by Crippen LogP contribution is 2.36. The molecule has 2 aromatic heterocycles. The molecule has 0 fully saturated rings. The number of hydrogen-bond acceptors (Lipinski definition) is 8. The van der Waals surface area contributed by atoms with E-state index < -0.39 is 11.2 Å². The van der Waals surface area contributed by atoms with Gasteiger partial charge >= 0.3 is 5.97 Å².